The lowest BCUT2D eigenvalue weighted by molar-refractivity contribution is 1.05. The van der Waals surface area contributed by atoms with Crippen molar-refractivity contribution in [3.05, 3.63) is 62.3 Å². The molecule has 0 amide bonds. The second kappa shape index (κ2) is 5.58. The van der Waals surface area contributed by atoms with E-state index in [2.05, 4.69) is 20.3 Å². The van der Waals surface area contributed by atoms with Crippen molar-refractivity contribution >= 4 is 39.3 Å². The Morgan fingerprint density at radius 1 is 1.20 bits per heavy atom. The van der Waals surface area contributed by atoms with Crippen molar-refractivity contribution in [3.8, 4) is 0 Å². The first-order valence-corrected chi connectivity index (χ1v) is 7.13. The van der Waals surface area contributed by atoms with Gasteiger partial charge in [-0.3, -0.25) is 9.78 Å². The van der Waals surface area contributed by atoms with Gasteiger partial charge in [0, 0.05) is 18.1 Å². The van der Waals surface area contributed by atoms with E-state index in [-0.39, 0.29) is 5.56 Å². The number of benzene rings is 1. The average molecular weight is 378 g/mol. The number of pyridine rings is 1. The summed E-state index contributed by atoms with van der Waals surface area (Å²) in [6.07, 6.45) is 3.18. The van der Waals surface area contributed by atoms with Crippen LogP contribution in [-0.4, -0.2) is 15.0 Å². The molecule has 1 aromatic carbocycles. The molecule has 2 heterocycles. The quantitative estimate of drug-likeness (QED) is 0.688. The highest BCUT2D eigenvalue weighted by Crippen LogP contribution is 2.17. The highest BCUT2D eigenvalue weighted by atomic mass is 127. The van der Waals surface area contributed by atoms with Gasteiger partial charge in [0.05, 0.1) is 11.8 Å². The molecule has 0 aliphatic rings. The van der Waals surface area contributed by atoms with Crippen LogP contribution in [0, 0.1) is 3.57 Å². The minimum absolute atomic E-state index is 0.140. The molecule has 0 atom stereocenters. The van der Waals surface area contributed by atoms with Gasteiger partial charge in [0.1, 0.15) is 9.39 Å². The first-order valence-electron chi connectivity index (χ1n) is 6.05. The molecule has 0 unspecified atom stereocenters. The Hall–Kier alpha value is -1.96. The van der Waals surface area contributed by atoms with Crippen LogP contribution in [0.3, 0.4) is 0 Å². The topological polar surface area (TPSA) is 70.7 Å². The van der Waals surface area contributed by atoms with Crippen molar-refractivity contribution in [2.75, 3.05) is 5.32 Å². The molecule has 2 N–H and O–H groups in total. The van der Waals surface area contributed by atoms with Gasteiger partial charge in [-0.05, 0) is 34.2 Å². The van der Waals surface area contributed by atoms with Crippen LogP contribution in [0.2, 0.25) is 0 Å². The maximum atomic E-state index is 11.5. The number of para-hydroxylation sites is 1. The Kier molecular flexibility index (Phi) is 3.64. The molecule has 0 aliphatic heterocycles. The molecule has 0 aliphatic carbocycles. The van der Waals surface area contributed by atoms with E-state index in [1.165, 1.54) is 6.33 Å². The molecular formula is C14H11IN4O. The highest BCUT2D eigenvalue weighted by molar-refractivity contribution is 14.1. The summed E-state index contributed by atoms with van der Waals surface area (Å²) in [6, 6.07) is 9.99. The van der Waals surface area contributed by atoms with Crippen molar-refractivity contribution < 1.29 is 0 Å². The van der Waals surface area contributed by atoms with Gasteiger partial charge >= 0.3 is 0 Å². The van der Waals surface area contributed by atoms with Crippen LogP contribution in [0.25, 0.3) is 10.9 Å². The molecule has 6 heteroatoms. The molecule has 20 heavy (non-hydrogen) atoms. The molecule has 3 rings (SSSR count). The Morgan fingerprint density at radius 3 is 2.95 bits per heavy atom. The summed E-state index contributed by atoms with van der Waals surface area (Å²) in [5.41, 5.74) is 1.89. The van der Waals surface area contributed by atoms with Gasteiger partial charge in [0.25, 0.3) is 5.56 Å². The van der Waals surface area contributed by atoms with Gasteiger partial charge < -0.3 is 10.3 Å². The number of aromatic nitrogens is 3. The van der Waals surface area contributed by atoms with E-state index in [9.17, 15) is 4.79 Å². The second-order valence-corrected chi connectivity index (χ2v) is 5.32. The third kappa shape index (κ3) is 2.51. The molecule has 100 valence electrons. The highest BCUT2D eigenvalue weighted by Gasteiger charge is 2.06. The summed E-state index contributed by atoms with van der Waals surface area (Å²) < 4.78 is 0.554. The number of H-pyrrole nitrogens is 1. The molecule has 2 aromatic heterocycles. The number of halogens is 1. The maximum absolute atomic E-state index is 11.5. The third-order valence-electron chi connectivity index (χ3n) is 2.96. The molecule has 3 aromatic rings. The van der Waals surface area contributed by atoms with Gasteiger partial charge in [0.15, 0.2) is 0 Å². The maximum Gasteiger partial charge on any atom is 0.266 e. The van der Waals surface area contributed by atoms with Crippen LogP contribution in [0.15, 0.2) is 47.7 Å². The lowest BCUT2D eigenvalue weighted by Crippen LogP contribution is -2.14. The minimum Gasteiger partial charge on any atom is -0.365 e. The van der Waals surface area contributed by atoms with E-state index in [0.717, 1.165) is 16.5 Å². The summed E-state index contributed by atoms with van der Waals surface area (Å²) in [4.78, 5) is 22.6. The molecule has 0 saturated carbocycles. The van der Waals surface area contributed by atoms with Crippen LogP contribution in [-0.2, 0) is 6.54 Å². The number of aromatic amines is 1. The predicted molar refractivity (Wildman–Crippen MR) is 86.6 cm³/mol. The fraction of sp³-hybridized carbons (Fsp3) is 0.0714. The van der Waals surface area contributed by atoms with Gasteiger partial charge in [-0.2, -0.15) is 0 Å². The Bertz CT molecular complexity index is 810. The number of hydrogen-bond acceptors (Lipinski definition) is 4. The molecule has 5 nitrogen and oxygen atoms in total. The Morgan fingerprint density at radius 2 is 2.05 bits per heavy atom. The summed E-state index contributed by atoms with van der Waals surface area (Å²) >= 11 is 1.98. The largest absolute Gasteiger partial charge is 0.365 e. The third-order valence-corrected chi connectivity index (χ3v) is 3.96. The first kappa shape index (κ1) is 13.0. The van der Waals surface area contributed by atoms with Crippen LogP contribution < -0.4 is 10.9 Å². The molecule has 0 fully saturated rings. The Labute approximate surface area is 128 Å². The van der Waals surface area contributed by atoms with Crippen LogP contribution in [0.4, 0.5) is 5.82 Å². The van der Waals surface area contributed by atoms with Crippen LogP contribution in [0.1, 0.15) is 5.56 Å². The molecule has 0 spiro atoms. The van der Waals surface area contributed by atoms with Gasteiger partial charge in [-0.1, -0.05) is 24.3 Å². The van der Waals surface area contributed by atoms with Gasteiger partial charge in [-0.15, -0.1) is 0 Å². The molecule has 0 radical (unpaired) electrons. The number of hydrogen-bond donors (Lipinski definition) is 2. The van der Waals surface area contributed by atoms with Gasteiger partial charge in [0.2, 0.25) is 0 Å². The first-order chi connectivity index (χ1) is 9.75. The summed E-state index contributed by atoms with van der Waals surface area (Å²) in [7, 11) is 0. The zero-order chi connectivity index (χ0) is 13.9. The van der Waals surface area contributed by atoms with E-state index < -0.39 is 0 Å². The van der Waals surface area contributed by atoms with E-state index in [4.69, 9.17) is 0 Å². The Balaban J connectivity index is 1.91. The molecule has 0 bridgehead atoms. The number of fused-ring (bicyclic) bond motifs is 1. The SMILES string of the molecule is O=c1[nH]cnc(NCc2cccc3cccnc23)c1I. The van der Waals surface area contributed by atoms with Gasteiger partial charge in [-0.25, -0.2) is 4.98 Å². The zero-order valence-electron chi connectivity index (χ0n) is 10.4. The predicted octanol–water partition coefficient (Wildman–Crippen LogP) is 2.53. The number of nitrogens with zero attached hydrogens (tertiary/aromatic N) is 2. The molecular weight excluding hydrogens is 367 g/mol. The number of nitrogens with one attached hydrogen (secondary N) is 2. The number of anilines is 1. The van der Waals surface area contributed by atoms with E-state index in [1.54, 1.807) is 6.20 Å². The van der Waals surface area contributed by atoms with E-state index in [1.807, 2.05) is 52.9 Å². The fourth-order valence-corrected chi connectivity index (χ4v) is 2.48. The lowest BCUT2D eigenvalue weighted by Gasteiger charge is -2.08. The summed E-state index contributed by atoms with van der Waals surface area (Å²) in [5, 5.41) is 4.28. The van der Waals surface area contributed by atoms with Crippen molar-refractivity contribution in [1.82, 2.24) is 15.0 Å². The van der Waals surface area contributed by atoms with E-state index >= 15 is 0 Å². The lowest BCUT2D eigenvalue weighted by atomic mass is 10.1. The summed E-state index contributed by atoms with van der Waals surface area (Å²) in [6.45, 7) is 0.570. The monoisotopic (exact) mass is 378 g/mol. The van der Waals surface area contributed by atoms with Crippen molar-refractivity contribution in [1.29, 1.82) is 0 Å². The second-order valence-electron chi connectivity index (χ2n) is 4.24. The standard InChI is InChI=1S/C14H11IN4O/c15-11-13(18-8-19-14(11)20)17-7-10-4-1-3-9-5-2-6-16-12(9)10/h1-6,8H,7H2,(H2,17,18,19,20). The number of rotatable bonds is 3. The van der Waals surface area contributed by atoms with Crippen molar-refractivity contribution in [2.24, 2.45) is 0 Å². The van der Waals surface area contributed by atoms with Crippen molar-refractivity contribution in [2.45, 2.75) is 6.54 Å². The van der Waals surface area contributed by atoms with Crippen molar-refractivity contribution in [3.63, 3.8) is 0 Å². The smallest absolute Gasteiger partial charge is 0.266 e. The molecule has 0 saturated heterocycles. The average Bonchev–Trinajstić information content (AvgIpc) is 2.49. The minimum atomic E-state index is -0.140. The van der Waals surface area contributed by atoms with Crippen LogP contribution >= 0.6 is 22.6 Å². The van der Waals surface area contributed by atoms with Crippen LogP contribution in [0.5, 0.6) is 0 Å². The summed E-state index contributed by atoms with van der Waals surface area (Å²) in [5.74, 6) is 0.585. The fourth-order valence-electron chi connectivity index (χ4n) is 2.00. The zero-order valence-corrected chi connectivity index (χ0v) is 12.6. The van der Waals surface area contributed by atoms with E-state index in [0.29, 0.717) is 15.9 Å². The normalized spacial score (nSPS) is 10.7.